The number of anilines is 2. The van der Waals surface area contributed by atoms with Gasteiger partial charge in [-0.1, -0.05) is 30.3 Å². The second kappa shape index (κ2) is 10.6. The van der Waals surface area contributed by atoms with E-state index < -0.39 is 6.09 Å². The monoisotopic (exact) mass is 452 g/mol. The van der Waals surface area contributed by atoms with Crippen LogP contribution in [0.15, 0.2) is 59.1 Å². The summed E-state index contributed by atoms with van der Waals surface area (Å²) in [6, 6.07) is 14.2. The Morgan fingerprint density at radius 1 is 1.09 bits per heavy atom. The van der Waals surface area contributed by atoms with E-state index in [2.05, 4.69) is 15.6 Å². The van der Waals surface area contributed by atoms with Gasteiger partial charge in [0.1, 0.15) is 5.75 Å². The number of carbonyl (C=O) groups excluding carboxylic acids is 2. The van der Waals surface area contributed by atoms with Gasteiger partial charge in [0.25, 0.3) is 0 Å². The zero-order chi connectivity index (χ0) is 23.0. The van der Waals surface area contributed by atoms with Crippen LogP contribution in [0.3, 0.4) is 0 Å². The van der Waals surface area contributed by atoms with Gasteiger partial charge in [0.15, 0.2) is 5.76 Å². The number of rotatable bonds is 7. The van der Waals surface area contributed by atoms with Crippen molar-refractivity contribution in [2.45, 2.75) is 0 Å². The van der Waals surface area contributed by atoms with E-state index in [9.17, 15) is 9.59 Å². The number of nitrogens with zero attached hydrogens (tertiary/aromatic N) is 2. The number of aromatic nitrogens is 1. The van der Waals surface area contributed by atoms with E-state index in [-0.39, 0.29) is 18.5 Å². The predicted octanol–water partition coefficient (Wildman–Crippen LogP) is 3.23. The van der Waals surface area contributed by atoms with Gasteiger partial charge in [0, 0.05) is 24.3 Å². The fraction of sp³-hybridized carbons (Fsp3) is 0.261. The van der Waals surface area contributed by atoms with Crippen molar-refractivity contribution in [1.82, 2.24) is 9.88 Å². The normalized spacial score (nSPS) is 13.8. The van der Waals surface area contributed by atoms with Gasteiger partial charge in [0.05, 0.1) is 38.8 Å². The number of nitrogens with one attached hydrogen (secondary N) is 2. The summed E-state index contributed by atoms with van der Waals surface area (Å²) >= 11 is 0. The van der Waals surface area contributed by atoms with Gasteiger partial charge >= 0.3 is 12.2 Å². The third kappa shape index (κ3) is 6.09. The number of oxazole rings is 1. The molecule has 1 fully saturated rings. The first-order chi connectivity index (χ1) is 16.1. The first-order valence-corrected chi connectivity index (χ1v) is 10.4. The summed E-state index contributed by atoms with van der Waals surface area (Å²) < 4.78 is 21.2. The van der Waals surface area contributed by atoms with Crippen LogP contribution in [0.25, 0.3) is 11.3 Å². The third-order valence-electron chi connectivity index (χ3n) is 4.91. The molecular weight excluding hydrogens is 428 g/mol. The summed E-state index contributed by atoms with van der Waals surface area (Å²) in [6.07, 6.45) is 0.513. The van der Waals surface area contributed by atoms with E-state index >= 15 is 0 Å². The second-order valence-electron chi connectivity index (χ2n) is 7.22. The SMILES string of the molecule is COc1ccc(NC(=O)Oc2ncc(-c3ccccc3)o2)cc1NC(=O)CN1CCOCC1. The average molecular weight is 452 g/mol. The highest BCUT2D eigenvalue weighted by Gasteiger charge is 2.17. The molecular formula is C23H24N4O6. The maximum atomic E-state index is 12.5. The molecule has 2 heterocycles. The van der Waals surface area contributed by atoms with Crippen molar-refractivity contribution in [1.29, 1.82) is 0 Å². The lowest BCUT2D eigenvalue weighted by atomic mass is 10.2. The van der Waals surface area contributed by atoms with Crippen molar-refractivity contribution >= 4 is 23.4 Å². The molecule has 0 spiro atoms. The van der Waals surface area contributed by atoms with Gasteiger partial charge in [-0.25, -0.2) is 4.79 Å². The highest BCUT2D eigenvalue weighted by molar-refractivity contribution is 5.95. The molecule has 33 heavy (non-hydrogen) atoms. The van der Waals surface area contributed by atoms with Crippen LogP contribution < -0.4 is 20.1 Å². The van der Waals surface area contributed by atoms with Gasteiger partial charge in [-0.15, -0.1) is 0 Å². The molecule has 10 nitrogen and oxygen atoms in total. The summed E-state index contributed by atoms with van der Waals surface area (Å²) in [4.78, 5) is 30.7. The van der Waals surface area contributed by atoms with Crippen LogP contribution in [0.4, 0.5) is 16.2 Å². The molecule has 2 aromatic carbocycles. The third-order valence-corrected chi connectivity index (χ3v) is 4.91. The molecule has 0 saturated carbocycles. The Morgan fingerprint density at radius 2 is 1.88 bits per heavy atom. The standard InChI is InChI=1S/C23H24N4O6/c1-30-19-8-7-17(13-18(19)26-21(28)15-27-9-11-31-12-10-27)25-22(29)33-23-24-14-20(32-23)16-5-3-2-4-6-16/h2-8,13-14H,9-12,15H2,1H3,(H,25,29)(H,26,28). The molecule has 0 bridgehead atoms. The molecule has 0 unspecified atom stereocenters. The van der Waals surface area contributed by atoms with Gasteiger partial charge in [-0.05, 0) is 18.2 Å². The van der Waals surface area contributed by atoms with Crippen LogP contribution in [0.2, 0.25) is 0 Å². The number of ether oxygens (including phenoxy) is 3. The van der Waals surface area contributed by atoms with Crippen LogP contribution in [0, 0.1) is 0 Å². The Balaban J connectivity index is 1.37. The van der Waals surface area contributed by atoms with Crippen molar-refractivity contribution < 1.29 is 28.2 Å². The van der Waals surface area contributed by atoms with E-state index in [4.69, 9.17) is 18.6 Å². The molecule has 0 atom stereocenters. The lowest BCUT2D eigenvalue weighted by Gasteiger charge is -2.26. The number of amides is 2. The molecule has 10 heteroatoms. The van der Waals surface area contributed by atoms with Crippen LogP contribution in [-0.4, -0.2) is 61.8 Å². The maximum absolute atomic E-state index is 12.5. The smallest absolute Gasteiger partial charge is 0.420 e. The fourth-order valence-corrected chi connectivity index (χ4v) is 3.30. The highest BCUT2D eigenvalue weighted by Crippen LogP contribution is 2.28. The average Bonchev–Trinajstić information content (AvgIpc) is 3.29. The molecule has 4 rings (SSSR count). The van der Waals surface area contributed by atoms with Crippen molar-refractivity contribution in [2.75, 3.05) is 50.6 Å². The molecule has 1 aromatic heterocycles. The van der Waals surface area contributed by atoms with E-state index in [0.29, 0.717) is 49.2 Å². The minimum Gasteiger partial charge on any atom is -0.495 e. The predicted molar refractivity (Wildman–Crippen MR) is 120 cm³/mol. The zero-order valence-corrected chi connectivity index (χ0v) is 18.1. The lowest BCUT2D eigenvalue weighted by molar-refractivity contribution is -0.118. The number of hydrogen-bond donors (Lipinski definition) is 2. The Morgan fingerprint density at radius 3 is 2.64 bits per heavy atom. The topological polar surface area (TPSA) is 115 Å². The van der Waals surface area contributed by atoms with Crippen LogP contribution >= 0.6 is 0 Å². The van der Waals surface area contributed by atoms with Crippen LogP contribution in [0.5, 0.6) is 11.8 Å². The number of hydrogen-bond acceptors (Lipinski definition) is 8. The van der Waals surface area contributed by atoms with Crippen LogP contribution in [-0.2, 0) is 9.53 Å². The zero-order valence-electron chi connectivity index (χ0n) is 18.1. The molecule has 0 aliphatic carbocycles. The van der Waals surface area contributed by atoms with Crippen molar-refractivity contribution in [3.05, 3.63) is 54.7 Å². The number of carbonyl (C=O) groups is 2. The van der Waals surface area contributed by atoms with E-state index in [0.717, 1.165) is 5.56 Å². The fourth-order valence-electron chi connectivity index (χ4n) is 3.30. The summed E-state index contributed by atoms with van der Waals surface area (Å²) in [5.41, 5.74) is 1.64. The van der Waals surface area contributed by atoms with E-state index in [1.165, 1.54) is 13.3 Å². The van der Waals surface area contributed by atoms with Gasteiger partial charge in [-0.2, -0.15) is 4.98 Å². The largest absolute Gasteiger partial charge is 0.495 e. The number of methoxy groups -OCH3 is 1. The van der Waals surface area contributed by atoms with Gasteiger partial charge in [-0.3, -0.25) is 15.0 Å². The Bertz CT molecular complexity index is 1100. The molecule has 0 radical (unpaired) electrons. The first kappa shape index (κ1) is 22.3. The molecule has 1 aliphatic heterocycles. The minimum absolute atomic E-state index is 0.182. The molecule has 2 N–H and O–H groups in total. The van der Waals surface area contributed by atoms with Crippen molar-refractivity contribution in [3.8, 4) is 23.1 Å². The van der Waals surface area contributed by atoms with E-state index in [1.807, 2.05) is 35.2 Å². The summed E-state index contributed by atoms with van der Waals surface area (Å²) in [6.45, 7) is 2.85. The first-order valence-electron chi connectivity index (χ1n) is 10.4. The second-order valence-corrected chi connectivity index (χ2v) is 7.22. The maximum Gasteiger partial charge on any atom is 0.420 e. The Hall–Kier alpha value is -3.89. The summed E-state index contributed by atoms with van der Waals surface area (Å²) in [5, 5.41) is 5.42. The quantitative estimate of drug-likeness (QED) is 0.562. The molecule has 1 aliphatic rings. The van der Waals surface area contributed by atoms with Crippen molar-refractivity contribution in [2.24, 2.45) is 0 Å². The lowest BCUT2D eigenvalue weighted by Crippen LogP contribution is -2.41. The number of morpholine rings is 1. The van der Waals surface area contributed by atoms with E-state index in [1.54, 1.807) is 18.2 Å². The highest BCUT2D eigenvalue weighted by atomic mass is 16.6. The summed E-state index contributed by atoms with van der Waals surface area (Å²) in [7, 11) is 1.50. The molecule has 3 aromatic rings. The Labute approximate surface area is 190 Å². The molecule has 1 saturated heterocycles. The molecule has 2 amide bonds. The van der Waals surface area contributed by atoms with Gasteiger partial charge in [0.2, 0.25) is 5.91 Å². The molecule has 172 valence electrons. The summed E-state index contributed by atoms with van der Waals surface area (Å²) in [5.74, 6) is 0.751. The van der Waals surface area contributed by atoms with Crippen LogP contribution in [0.1, 0.15) is 0 Å². The van der Waals surface area contributed by atoms with Gasteiger partial charge < -0.3 is 23.9 Å². The number of benzene rings is 2. The minimum atomic E-state index is -0.785. The Kier molecular flexibility index (Phi) is 7.18. The van der Waals surface area contributed by atoms with Crippen molar-refractivity contribution in [3.63, 3.8) is 0 Å².